The predicted molar refractivity (Wildman–Crippen MR) is 121 cm³/mol. The lowest BCUT2D eigenvalue weighted by Crippen LogP contribution is -2.27. The molecular weight excluding hydrogens is 390 g/mol. The first-order valence-corrected chi connectivity index (χ1v) is 10.2. The number of ether oxygens (including phenoxy) is 2. The standard InChI is InChI=1S/C25H25N3O3/c1-30-22-11-10-18(15-23(22)31-2)12-13-26-24(29)16-20-17-28-14-6-9-21(28)25(27-20)19-7-4-3-5-8-19/h3-11,14-15,17H,12-13,16H2,1-2H3,(H,26,29). The van der Waals surface area contributed by atoms with Gasteiger partial charge in [0.05, 0.1) is 37.5 Å². The van der Waals surface area contributed by atoms with Crippen molar-refractivity contribution in [2.75, 3.05) is 20.8 Å². The van der Waals surface area contributed by atoms with Crippen molar-refractivity contribution < 1.29 is 14.3 Å². The zero-order chi connectivity index (χ0) is 21.6. The summed E-state index contributed by atoms with van der Waals surface area (Å²) in [6.07, 6.45) is 4.81. The Morgan fingerprint density at radius 2 is 1.81 bits per heavy atom. The van der Waals surface area contributed by atoms with E-state index in [1.807, 2.05) is 77.5 Å². The molecule has 0 aliphatic carbocycles. The summed E-state index contributed by atoms with van der Waals surface area (Å²) in [6, 6.07) is 19.8. The van der Waals surface area contributed by atoms with Gasteiger partial charge in [0, 0.05) is 24.5 Å². The van der Waals surface area contributed by atoms with Crippen LogP contribution in [-0.2, 0) is 17.6 Å². The second-order valence-electron chi connectivity index (χ2n) is 7.21. The number of hydrogen-bond acceptors (Lipinski definition) is 4. The Morgan fingerprint density at radius 3 is 2.58 bits per heavy atom. The normalized spacial score (nSPS) is 10.8. The van der Waals surface area contributed by atoms with E-state index in [2.05, 4.69) is 5.32 Å². The van der Waals surface area contributed by atoms with Crippen LogP contribution in [0, 0.1) is 0 Å². The van der Waals surface area contributed by atoms with Crippen molar-refractivity contribution in [2.45, 2.75) is 12.8 Å². The minimum Gasteiger partial charge on any atom is -0.493 e. The van der Waals surface area contributed by atoms with Crippen LogP contribution in [0.2, 0.25) is 0 Å². The molecule has 0 unspecified atom stereocenters. The van der Waals surface area contributed by atoms with Crippen molar-refractivity contribution in [1.82, 2.24) is 14.7 Å². The minimum absolute atomic E-state index is 0.0569. The van der Waals surface area contributed by atoms with E-state index in [0.29, 0.717) is 24.5 Å². The highest BCUT2D eigenvalue weighted by atomic mass is 16.5. The number of methoxy groups -OCH3 is 2. The molecule has 31 heavy (non-hydrogen) atoms. The molecule has 0 aliphatic heterocycles. The Bertz CT molecular complexity index is 1190. The first-order chi connectivity index (χ1) is 15.2. The quantitative estimate of drug-likeness (QED) is 0.474. The molecule has 6 nitrogen and oxygen atoms in total. The maximum atomic E-state index is 12.5. The third-order valence-electron chi connectivity index (χ3n) is 5.14. The number of benzene rings is 2. The van der Waals surface area contributed by atoms with Crippen LogP contribution in [0.1, 0.15) is 11.3 Å². The van der Waals surface area contributed by atoms with Crippen molar-refractivity contribution in [3.8, 4) is 22.8 Å². The van der Waals surface area contributed by atoms with E-state index in [-0.39, 0.29) is 12.3 Å². The van der Waals surface area contributed by atoms with Crippen LogP contribution >= 0.6 is 0 Å². The van der Waals surface area contributed by atoms with Crippen LogP contribution in [0.3, 0.4) is 0 Å². The molecule has 0 aliphatic rings. The Balaban J connectivity index is 1.42. The van der Waals surface area contributed by atoms with Crippen LogP contribution in [0.5, 0.6) is 11.5 Å². The van der Waals surface area contributed by atoms with Crippen molar-refractivity contribution in [3.05, 3.63) is 84.3 Å². The van der Waals surface area contributed by atoms with Crippen LogP contribution in [0.15, 0.2) is 73.1 Å². The number of carbonyl (C=O) groups excluding carboxylic acids is 1. The highest BCUT2D eigenvalue weighted by molar-refractivity contribution is 5.80. The van der Waals surface area contributed by atoms with Crippen molar-refractivity contribution >= 4 is 11.4 Å². The molecule has 1 amide bonds. The highest BCUT2D eigenvalue weighted by Gasteiger charge is 2.11. The summed E-state index contributed by atoms with van der Waals surface area (Å²) >= 11 is 0. The smallest absolute Gasteiger partial charge is 0.226 e. The number of aromatic nitrogens is 2. The van der Waals surface area contributed by atoms with Gasteiger partial charge in [0.2, 0.25) is 5.91 Å². The lowest BCUT2D eigenvalue weighted by Gasteiger charge is -2.11. The average molecular weight is 415 g/mol. The van der Waals surface area contributed by atoms with Gasteiger partial charge in [0.15, 0.2) is 11.5 Å². The largest absolute Gasteiger partial charge is 0.493 e. The minimum atomic E-state index is -0.0569. The van der Waals surface area contributed by atoms with Crippen LogP contribution in [0.25, 0.3) is 16.8 Å². The van der Waals surface area contributed by atoms with E-state index < -0.39 is 0 Å². The summed E-state index contributed by atoms with van der Waals surface area (Å²) in [4.78, 5) is 17.3. The summed E-state index contributed by atoms with van der Waals surface area (Å²) in [6.45, 7) is 0.533. The molecule has 2 heterocycles. The number of nitrogens with zero attached hydrogens (tertiary/aromatic N) is 2. The number of fused-ring (bicyclic) bond motifs is 1. The maximum Gasteiger partial charge on any atom is 0.226 e. The monoisotopic (exact) mass is 415 g/mol. The lowest BCUT2D eigenvalue weighted by atomic mass is 10.1. The average Bonchev–Trinajstić information content (AvgIpc) is 3.27. The molecule has 0 bridgehead atoms. The maximum absolute atomic E-state index is 12.5. The summed E-state index contributed by atoms with van der Waals surface area (Å²) in [5.41, 5.74) is 4.72. The first kappa shape index (κ1) is 20.5. The molecule has 2 aromatic heterocycles. The van der Waals surface area contributed by atoms with Gasteiger partial charge < -0.3 is 19.2 Å². The SMILES string of the molecule is COc1ccc(CCNC(=O)Cc2cn3cccc3c(-c3ccccc3)n2)cc1OC. The first-order valence-electron chi connectivity index (χ1n) is 10.2. The molecule has 0 atom stereocenters. The fourth-order valence-corrected chi connectivity index (χ4v) is 3.60. The molecule has 2 aromatic carbocycles. The van der Waals surface area contributed by atoms with Gasteiger partial charge in [-0.25, -0.2) is 4.98 Å². The molecule has 4 aromatic rings. The molecule has 1 N–H and O–H groups in total. The molecule has 0 fully saturated rings. The van der Waals surface area contributed by atoms with Gasteiger partial charge in [-0.05, 0) is 36.2 Å². The van der Waals surface area contributed by atoms with Crippen molar-refractivity contribution in [2.24, 2.45) is 0 Å². The fourth-order valence-electron chi connectivity index (χ4n) is 3.60. The van der Waals surface area contributed by atoms with Gasteiger partial charge >= 0.3 is 0 Å². The molecule has 0 spiro atoms. The van der Waals surface area contributed by atoms with Gasteiger partial charge in [-0.15, -0.1) is 0 Å². The number of rotatable bonds is 8. The fraction of sp³-hybridized carbons (Fsp3) is 0.200. The molecule has 6 heteroatoms. The van der Waals surface area contributed by atoms with E-state index in [0.717, 1.165) is 28.0 Å². The molecule has 0 saturated carbocycles. The van der Waals surface area contributed by atoms with E-state index >= 15 is 0 Å². The zero-order valence-corrected chi connectivity index (χ0v) is 17.7. The third-order valence-corrected chi connectivity index (χ3v) is 5.14. The number of nitrogens with one attached hydrogen (secondary N) is 1. The number of amides is 1. The summed E-state index contributed by atoms with van der Waals surface area (Å²) in [5, 5.41) is 2.99. The number of hydrogen-bond donors (Lipinski definition) is 1. The second kappa shape index (κ2) is 9.34. The lowest BCUT2D eigenvalue weighted by molar-refractivity contribution is -0.120. The van der Waals surface area contributed by atoms with Crippen molar-refractivity contribution in [1.29, 1.82) is 0 Å². The van der Waals surface area contributed by atoms with Gasteiger partial charge in [0.25, 0.3) is 0 Å². The van der Waals surface area contributed by atoms with Crippen molar-refractivity contribution in [3.63, 3.8) is 0 Å². The van der Waals surface area contributed by atoms with Gasteiger partial charge in [-0.1, -0.05) is 36.4 Å². The Hall–Kier alpha value is -3.80. The Morgan fingerprint density at radius 1 is 1.00 bits per heavy atom. The second-order valence-corrected chi connectivity index (χ2v) is 7.21. The van der Waals surface area contributed by atoms with E-state index in [1.54, 1.807) is 14.2 Å². The summed E-state index contributed by atoms with van der Waals surface area (Å²) < 4.78 is 12.6. The third kappa shape index (κ3) is 4.69. The Kier molecular flexibility index (Phi) is 6.17. The van der Waals surface area contributed by atoms with Crippen LogP contribution in [0.4, 0.5) is 0 Å². The van der Waals surface area contributed by atoms with E-state index in [9.17, 15) is 4.79 Å². The van der Waals surface area contributed by atoms with E-state index in [1.165, 1.54) is 0 Å². The molecule has 158 valence electrons. The molecule has 0 saturated heterocycles. The van der Waals surface area contributed by atoms with Crippen LogP contribution in [-0.4, -0.2) is 36.1 Å². The van der Waals surface area contributed by atoms with Crippen LogP contribution < -0.4 is 14.8 Å². The topological polar surface area (TPSA) is 64.9 Å². The van der Waals surface area contributed by atoms with Gasteiger partial charge in [-0.2, -0.15) is 0 Å². The Labute approximate surface area is 181 Å². The van der Waals surface area contributed by atoms with Gasteiger partial charge in [0.1, 0.15) is 0 Å². The molecular formula is C25H25N3O3. The zero-order valence-electron chi connectivity index (χ0n) is 17.7. The highest BCUT2D eigenvalue weighted by Crippen LogP contribution is 2.27. The number of carbonyl (C=O) groups is 1. The summed E-state index contributed by atoms with van der Waals surface area (Å²) in [7, 11) is 3.22. The van der Waals surface area contributed by atoms with E-state index in [4.69, 9.17) is 14.5 Å². The summed E-state index contributed by atoms with van der Waals surface area (Å²) in [5.74, 6) is 1.32. The predicted octanol–water partition coefficient (Wildman–Crippen LogP) is 3.92. The molecule has 0 radical (unpaired) electrons. The van der Waals surface area contributed by atoms with Gasteiger partial charge in [-0.3, -0.25) is 4.79 Å². The molecule has 4 rings (SSSR count).